The van der Waals surface area contributed by atoms with E-state index < -0.39 is 76.6 Å². The average molecular weight is 684 g/mol. The molecular formula is C37H57N5O7. The maximum Gasteiger partial charge on any atom is 0.329 e. The molecule has 5 N–H and O–H groups in total. The van der Waals surface area contributed by atoms with Crippen molar-refractivity contribution in [1.82, 2.24) is 20.9 Å². The molecule has 5 amide bonds. The number of primary amides is 1. The Morgan fingerprint density at radius 2 is 1.43 bits per heavy atom. The van der Waals surface area contributed by atoms with Crippen LogP contribution >= 0.6 is 0 Å². The second-order valence-electron chi connectivity index (χ2n) is 16.2. The normalized spacial score (nSPS) is 20.7. The van der Waals surface area contributed by atoms with Crippen molar-refractivity contribution in [3.8, 4) is 0 Å². The summed E-state index contributed by atoms with van der Waals surface area (Å²) in [6, 6.07) is 4.42. The van der Waals surface area contributed by atoms with Gasteiger partial charge in [-0.05, 0) is 53.9 Å². The highest BCUT2D eigenvalue weighted by Crippen LogP contribution is 2.35. The number of hydrogen-bond acceptors (Lipinski definition) is 7. The van der Waals surface area contributed by atoms with Gasteiger partial charge in [-0.1, -0.05) is 105 Å². The minimum absolute atomic E-state index is 0.0200. The standard InChI is InChI=1S/C37H57N5O7/c1-21(2)25-18-19-42(27(25)32(45)39-26(28(43)31(38)44)20-23-14-13-15-23)33(46)29(36(4,5)6)40-35(48)41-30(37(7,8)9)34(47)49-22(3)24-16-11-10-12-17-24/h10-12,16-17,21-23,25-27,29-30H,13-15,18-20H2,1-9H3,(H2,38,44)(H,39,45)(H2,40,41,48)/t22-,25-,26?,27+,29-,30-/m1/s1. The Morgan fingerprint density at radius 1 is 0.857 bits per heavy atom. The molecule has 1 aromatic carbocycles. The van der Waals surface area contributed by atoms with Crippen molar-refractivity contribution in [3.63, 3.8) is 0 Å². The summed E-state index contributed by atoms with van der Waals surface area (Å²) in [5.74, 6) is -3.56. The molecule has 0 radical (unpaired) electrons. The number of urea groups is 1. The maximum absolute atomic E-state index is 14.4. The summed E-state index contributed by atoms with van der Waals surface area (Å²) in [5.41, 5.74) is 4.62. The highest BCUT2D eigenvalue weighted by molar-refractivity contribution is 6.37. The van der Waals surface area contributed by atoms with Crippen molar-refractivity contribution in [1.29, 1.82) is 0 Å². The molecular weight excluding hydrogens is 626 g/mol. The van der Waals surface area contributed by atoms with Gasteiger partial charge >= 0.3 is 12.0 Å². The minimum atomic E-state index is -1.11. The molecule has 1 aromatic rings. The molecule has 12 heteroatoms. The van der Waals surface area contributed by atoms with E-state index in [-0.39, 0.29) is 24.3 Å². The third-order valence-corrected chi connectivity index (χ3v) is 9.85. The average Bonchev–Trinajstić information content (AvgIpc) is 3.44. The van der Waals surface area contributed by atoms with Crippen molar-refractivity contribution in [2.75, 3.05) is 6.54 Å². The van der Waals surface area contributed by atoms with E-state index in [0.29, 0.717) is 12.8 Å². The number of likely N-dealkylation sites (tertiary alicyclic amines) is 1. The van der Waals surface area contributed by atoms with Crippen LogP contribution in [0.5, 0.6) is 0 Å². The van der Waals surface area contributed by atoms with E-state index in [1.54, 1.807) is 48.5 Å². The highest BCUT2D eigenvalue weighted by Gasteiger charge is 2.48. The van der Waals surface area contributed by atoms with Gasteiger partial charge in [0.15, 0.2) is 0 Å². The molecule has 0 aromatic heterocycles. The van der Waals surface area contributed by atoms with Crippen LogP contribution in [-0.4, -0.2) is 71.1 Å². The molecule has 272 valence electrons. The Morgan fingerprint density at radius 3 is 1.92 bits per heavy atom. The molecule has 12 nitrogen and oxygen atoms in total. The van der Waals surface area contributed by atoms with Gasteiger partial charge in [-0.2, -0.15) is 0 Å². The van der Waals surface area contributed by atoms with Crippen LogP contribution in [0.1, 0.15) is 106 Å². The van der Waals surface area contributed by atoms with Gasteiger partial charge in [-0.3, -0.25) is 19.2 Å². The highest BCUT2D eigenvalue weighted by atomic mass is 16.5. The lowest BCUT2D eigenvalue weighted by molar-refractivity contribution is -0.153. The van der Waals surface area contributed by atoms with Crippen molar-refractivity contribution in [2.24, 2.45) is 34.3 Å². The van der Waals surface area contributed by atoms with Crippen LogP contribution < -0.4 is 21.7 Å². The molecule has 2 fully saturated rings. The Kier molecular flexibility index (Phi) is 13.0. The zero-order chi connectivity index (χ0) is 36.8. The first-order chi connectivity index (χ1) is 22.7. The molecule has 49 heavy (non-hydrogen) atoms. The number of ketones is 1. The quantitative estimate of drug-likeness (QED) is 0.179. The number of rotatable bonds is 13. The summed E-state index contributed by atoms with van der Waals surface area (Å²) in [4.78, 5) is 81.4. The number of esters is 1. The number of hydrogen-bond donors (Lipinski definition) is 4. The lowest BCUT2D eigenvalue weighted by Crippen LogP contribution is -2.62. The summed E-state index contributed by atoms with van der Waals surface area (Å²) in [5, 5.41) is 8.32. The van der Waals surface area contributed by atoms with Crippen molar-refractivity contribution in [3.05, 3.63) is 35.9 Å². The number of carbonyl (C=O) groups excluding carboxylic acids is 6. The first kappa shape index (κ1) is 39.5. The summed E-state index contributed by atoms with van der Waals surface area (Å²) < 4.78 is 5.75. The van der Waals surface area contributed by atoms with Crippen LogP contribution in [-0.2, 0) is 28.7 Å². The van der Waals surface area contributed by atoms with Crippen LogP contribution in [0, 0.1) is 28.6 Å². The fraction of sp³-hybridized carbons (Fsp3) is 0.676. The second kappa shape index (κ2) is 16.2. The van der Waals surface area contributed by atoms with Crippen LogP contribution in [0.2, 0.25) is 0 Å². The van der Waals surface area contributed by atoms with Crippen LogP contribution in [0.15, 0.2) is 30.3 Å². The number of ether oxygens (including phenoxy) is 1. The third-order valence-electron chi connectivity index (χ3n) is 9.85. The van der Waals surface area contributed by atoms with E-state index in [1.807, 2.05) is 44.2 Å². The monoisotopic (exact) mass is 683 g/mol. The molecule has 3 rings (SSSR count). The lowest BCUT2D eigenvalue weighted by Gasteiger charge is -2.38. The number of carbonyl (C=O) groups is 6. The van der Waals surface area contributed by atoms with Crippen molar-refractivity contribution in [2.45, 2.75) is 125 Å². The number of nitrogens with one attached hydrogen (secondary N) is 3. The first-order valence-corrected chi connectivity index (χ1v) is 17.5. The van der Waals surface area contributed by atoms with Gasteiger partial charge in [0.2, 0.25) is 17.6 Å². The maximum atomic E-state index is 14.4. The van der Waals surface area contributed by atoms with Crippen LogP contribution in [0.4, 0.5) is 4.79 Å². The van der Waals surface area contributed by atoms with E-state index in [0.717, 1.165) is 24.8 Å². The fourth-order valence-corrected chi connectivity index (χ4v) is 6.60. The van der Waals surface area contributed by atoms with Crippen LogP contribution in [0.3, 0.4) is 0 Å². The second-order valence-corrected chi connectivity index (χ2v) is 16.2. The van der Waals surface area contributed by atoms with Gasteiger partial charge in [0, 0.05) is 6.54 Å². The molecule has 1 saturated heterocycles. The minimum Gasteiger partial charge on any atom is -0.456 e. The van der Waals surface area contributed by atoms with Gasteiger partial charge in [-0.15, -0.1) is 0 Å². The summed E-state index contributed by atoms with van der Waals surface area (Å²) >= 11 is 0. The van der Waals surface area contributed by atoms with E-state index in [9.17, 15) is 28.8 Å². The molecule has 1 heterocycles. The first-order valence-electron chi connectivity index (χ1n) is 17.5. The summed E-state index contributed by atoms with van der Waals surface area (Å²) in [6.07, 6.45) is 3.14. The largest absolute Gasteiger partial charge is 0.456 e. The van der Waals surface area contributed by atoms with Crippen molar-refractivity contribution >= 4 is 35.5 Å². The van der Waals surface area contributed by atoms with Gasteiger partial charge in [0.25, 0.3) is 5.91 Å². The molecule has 1 unspecified atom stereocenters. The molecule has 6 atom stereocenters. The molecule has 1 aliphatic heterocycles. The predicted molar refractivity (Wildman–Crippen MR) is 186 cm³/mol. The Labute approximate surface area is 291 Å². The number of Topliss-reactive ketones (excluding diaryl/α,β-unsaturated/α-hetero) is 1. The van der Waals surface area contributed by atoms with E-state index in [2.05, 4.69) is 16.0 Å². The smallest absolute Gasteiger partial charge is 0.329 e. The van der Waals surface area contributed by atoms with Gasteiger partial charge in [0.1, 0.15) is 24.2 Å². The molecule has 0 spiro atoms. The predicted octanol–water partition coefficient (Wildman–Crippen LogP) is 4.02. The van der Waals surface area contributed by atoms with Gasteiger partial charge < -0.3 is 31.3 Å². The van der Waals surface area contributed by atoms with Crippen molar-refractivity contribution < 1.29 is 33.5 Å². The number of benzene rings is 1. The van der Waals surface area contributed by atoms with E-state index in [1.165, 1.54) is 4.90 Å². The Balaban J connectivity index is 1.82. The molecule has 2 aliphatic rings. The number of amides is 5. The fourth-order valence-electron chi connectivity index (χ4n) is 6.60. The lowest BCUT2D eigenvalue weighted by atomic mass is 9.80. The zero-order valence-electron chi connectivity index (χ0n) is 30.6. The molecule has 1 aliphatic carbocycles. The zero-order valence-corrected chi connectivity index (χ0v) is 30.6. The van der Waals surface area contributed by atoms with Gasteiger partial charge in [-0.25, -0.2) is 9.59 Å². The van der Waals surface area contributed by atoms with E-state index in [4.69, 9.17) is 10.5 Å². The summed E-state index contributed by atoms with van der Waals surface area (Å²) in [7, 11) is 0. The SMILES string of the molecule is CC(C)[C@H]1CCN(C(=O)[C@@H](NC(=O)N[C@H](C(=O)O[C@H](C)c2ccccc2)C(C)(C)C)C(C)(C)C)[C@@H]1C(=O)NC(CC1CCC1)C(=O)C(N)=O. The third kappa shape index (κ3) is 10.3. The number of nitrogens with zero attached hydrogens (tertiary/aromatic N) is 1. The van der Waals surface area contributed by atoms with Gasteiger partial charge in [0.05, 0.1) is 6.04 Å². The summed E-state index contributed by atoms with van der Waals surface area (Å²) in [6.45, 7) is 16.8. The van der Waals surface area contributed by atoms with Crippen LogP contribution in [0.25, 0.3) is 0 Å². The topological polar surface area (TPSA) is 177 Å². The van der Waals surface area contributed by atoms with E-state index >= 15 is 0 Å². The Bertz CT molecular complexity index is 1360. The number of nitrogens with two attached hydrogens (primary N) is 1. The molecule has 0 bridgehead atoms. The molecule has 1 saturated carbocycles. The Hall–Kier alpha value is -3.96.